The smallest absolute Gasteiger partial charge is 0.252 e. The number of amides is 1. The lowest BCUT2D eigenvalue weighted by atomic mass is 10.0. The van der Waals surface area contributed by atoms with Gasteiger partial charge in [0.05, 0.1) is 4.90 Å². The lowest BCUT2D eigenvalue weighted by Gasteiger charge is -2.19. The van der Waals surface area contributed by atoms with E-state index in [0.29, 0.717) is 11.4 Å². The van der Waals surface area contributed by atoms with E-state index in [1.165, 1.54) is 36.4 Å². The summed E-state index contributed by atoms with van der Waals surface area (Å²) in [6.45, 7) is 0. The summed E-state index contributed by atoms with van der Waals surface area (Å²) in [6, 6.07) is 10.9. The highest BCUT2D eigenvalue weighted by molar-refractivity contribution is 7.90. The third-order valence-corrected chi connectivity index (χ3v) is 5.25. The van der Waals surface area contributed by atoms with Gasteiger partial charge < -0.3 is 9.88 Å². The first-order valence-corrected chi connectivity index (χ1v) is 9.98. The van der Waals surface area contributed by atoms with Crippen LogP contribution < -0.4 is 5.32 Å². The molecular weight excluding hydrogens is 369 g/mol. The first-order valence-electron chi connectivity index (χ1n) is 8.09. The first-order chi connectivity index (χ1) is 12.8. The van der Waals surface area contributed by atoms with Crippen LogP contribution >= 0.6 is 0 Å². The Morgan fingerprint density at radius 2 is 1.89 bits per heavy atom. The zero-order valence-corrected chi connectivity index (χ0v) is 15.6. The van der Waals surface area contributed by atoms with Crippen molar-refractivity contribution in [1.82, 2.24) is 14.9 Å². The SMILES string of the molecule is Cn1ccnc1[C@H](NC(=O)c1ccc(S(C)(=O)=O)cc1)c1cccc(F)c1. The Kier molecular flexibility index (Phi) is 5.09. The van der Waals surface area contributed by atoms with Crippen LogP contribution in [0.2, 0.25) is 0 Å². The molecule has 0 unspecified atom stereocenters. The van der Waals surface area contributed by atoms with Gasteiger partial charge in [-0.2, -0.15) is 0 Å². The molecule has 1 aromatic heterocycles. The van der Waals surface area contributed by atoms with Crippen LogP contribution in [-0.4, -0.2) is 30.1 Å². The molecular formula is C19H18FN3O3S. The van der Waals surface area contributed by atoms with Crippen molar-refractivity contribution in [2.45, 2.75) is 10.9 Å². The van der Waals surface area contributed by atoms with Crippen molar-refractivity contribution in [3.63, 3.8) is 0 Å². The highest BCUT2D eigenvalue weighted by Gasteiger charge is 2.22. The summed E-state index contributed by atoms with van der Waals surface area (Å²) in [5, 5.41) is 2.84. The summed E-state index contributed by atoms with van der Waals surface area (Å²) in [5.74, 6) is -0.299. The molecule has 1 atom stereocenters. The number of aromatic nitrogens is 2. The first kappa shape index (κ1) is 18.8. The van der Waals surface area contributed by atoms with Crippen molar-refractivity contribution in [3.8, 4) is 0 Å². The Morgan fingerprint density at radius 3 is 2.44 bits per heavy atom. The molecule has 0 fully saturated rings. The number of rotatable bonds is 5. The number of aryl methyl sites for hydroxylation is 1. The summed E-state index contributed by atoms with van der Waals surface area (Å²) >= 11 is 0. The Morgan fingerprint density at radius 1 is 1.19 bits per heavy atom. The van der Waals surface area contributed by atoms with Gasteiger partial charge in [0.15, 0.2) is 9.84 Å². The molecule has 0 aliphatic carbocycles. The van der Waals surface area contributed by atoms with Crippen LogP contribution in [0.25, 0.3) is 0 Å². The van der Waals surface area contributed by atoms with E-state index < -0.39 is 27.6 Å². The fourth-order valence-electron chi connectivity index (χ4n) is 2.71. The Balaban J connectivity index is 1.92. The number of hydrogen-bond donors (Lipinski definition) is 1. The average molecular weight is 387 g/mol. The van der Waals surface area contributed by atoms with Crippen molar-refractivity contribution in [1.29, 1.82) is 0 Å². The van der Waals surface area contributed by atoms with E-state index in [-0.39, 0.29) is 10.5 Å². The van der Waals surface area contributed by atoms with Gasteiger partial charge in [-0.3, -0.25) is 4.79 Å². The molecule has 0 saturated heterocycles. The molecule has 3 rings (SSSR count). The molecule has 0 aliphatic heterocycles. The second-order valence-corrected chi connectivity index (χ2v) is 8.17. The average Bonchev–Trinajstić information content (AvgIpc) is 3.04. The molecule has 8 heteroatoms. The van der Waals surface area contributed by atoms with E-state index in [0.717, 1.165) is 6.26 Å². The van der Waals surface area contributed by atoms with Crippen molar-refractivity contribution < 1.29 is 17.6 Å². The molecule has 27 heavy (non-hydrogen) atoms. The monoisotopic (exact) mass is 387 g/mol. The molecule has 0 aliphatic rings. The van der Waals surface area contributed by atoms with Crippen LogP contribution in [0.3, 0.4) is 0 Å². The maximum Gasteiger partial charge on any atom is 0.252 e. The number of imidazole rings is 1. The molecule has 2 aromatic carbocycles. The fraction of sp³-hybridized carbons (Fsp3) is 0.158. The topological polar surface area (TPSA) is 81.1 Å². The number of benzene rings is 2. The summed E-state index contributed by atoms with van der Waals surface area (Å²) in [5.41, 5.74) is 0.836. The van der Waals surface area contributed by atoms with E-state index in [9.17, 15) is 17.6 Å². The lowest BCUT2D eigenvalue weighted by molar-refractivity contribution is 0.0941. The van der Waals surface area contributed by atoms with Gasteiger partial charge in [0.1, 0.15) is 17.7 Å². The number of nitrogens with zero attached hydrogens (tertiary/aromatic N) is 2. The number of carbonyl (C=O) groups excluding carboxylic acids is 1. The van der Waals surface area contributed by atoms with E-state index in [1.54, 1.807) is 36.1 Å². The minimum atomic E-state index is -3.34. The second-order valence-electron chi connectivity index (χ2n) is 6.15. The molecule has 0 radical (unpaired) electrons. The van der Waals surface area contributed by atoms with E-state index in [1.807, 2.05) is 0 Å². The van der Waals surface area contributed by atoms with Gasteiger partial charge in [0, 0.05) is 31.3 Å². The summed E-state index contributed by atoms with van der Waals surface area (Å²) in [7, 11) is -1.56. The highest BCUT2D eigenvalue weighted by atomic mass is 32.2. The number of sulfone groups is 1. The third kappa shape index (κ3) is 4.22. The molecule has 0 saturated carbocycles. The normalized spacial score (nSPS) is 12.6. The van der Waals surface area contributed by atoms with E-state index >= 15 is 0 Å². The van der Waals surface area contributed by atoms with Crippen LogP contribution in [0.15, 0.2) is 65.8 Å². The maximum atomic E-state index is 13.7. The van der Waals surface area contributed by atoms with Crippen molar-refractivity contribution >= 4 is 15.7 Å². The molecule has 140 valence electrons. The van der Waals surface area contributed by atoms with Gasteiger partial charge in [-0.05, 0) is 42.0 Å². The fourth-order valence-corrected chi connectivity index (χ4v) is 3.34. The standard InChI is InChI=1S/C19H18FN3O3S/c1-23-11-10-21-18(23)17(14-4-3-5-15(20)12-14)22-19(24)13-6-8-16(9-7-13)27(2,25)26/h3-12,17H,1-2H3,(H,22,24)/t17-/m1/s1. The zero-order chi connectivity index (χ0) is 19.6. The van der Waals surface area contributed by atoms with Crippen LogP contribution in [-0.2, 0) is 16.9 Å². The minimum absolute atomic E-state index is 0.129. The van der Waals surface area contributed by atoms with Gasteiger partial charge in [-0.15, -0.1) is 0 Å². The quantitative estimate of drug-likeness (QED) is 0.729. The predicted molar refractivity (Wildman–Crippen MR) is 98.5 cm³/mol. The van der Waals surface area contributed by atoms with E-state index in [2.05, 4.69) is 10.3 Å². The minimum Gasteiger partial charge on any atom is -0.338 e. The van der Waals surface area contributed by atoms with Crippen LogP contribution in [0.5, 0.6) is 0 Å². The maximum absolute atomic E-state index is 13.7. The predicted octanol–water partition coefficient (Wildman–Crippen LogP) is 2.48. The van der Waals surface area contributed by atoms with Crippen molar-refractivity contribution in [3.05, 3.63) is 83.7 Å². The van der Waals surface area contributed by atoms with Crippen molar-refractivity contribution in [2.24, 2.45) is 7.05 Å². The molecule has 1 heterocycles. The molecule has 1 amide bonds. The van der Waals surface area contributed by atoms with E-state index in [4.69, 9.17) is 0 Å². The number of nitrogens with one attached hydrogen (secondary N) is 1. The number of hydrogen-bond acceptors (Lipinski definition) is 4. The van der Waals surface area contributed by atoms with Crippen LogP contribution in [0.1, 0.15) is 27.8 Å². The highest BCUT2D eigenvalue weighted by Crippen LogP contribution is 2.22. The molecule has 0 spiro atoms. The van der Waals surface area contributed by atoms with Gasteiger partial charge >= 0.3 is 0 Å². The Hall–Kier alpha value is -3.00. The number of carbonyl (C=O) groups is 1. The van der Waals surface area contributed by atoms with Crippen LogP contribution in [0, 0.1) is 5.82 Å². The summed E-state index contributed by atoms with van der Waals surface area (Å²) < 4.78 is 38.5. The zero-order valence-electron chi connectivity index (χ0n) is 14.8. The third-order valence-electron chi connectivity index (χ3n) is 4.12. The van der Waals surface area contributed by atoms with Gasteiger partial charge in [-0.1, -0.05) is 12.1 Å². The van der Waals surface area contributed by atoms with Crippen molar-refractivity contribution in [2.75, 3.05) is 6.26 Å². The second kappa shape index (κ2) is 7.32. The summed E-state index contributed by atoms with van der Waals surface area (Å²) in [6.07, 6.45) is 4.42. The van der Waals surface area contributed by atoms with Gasteiger partial charge in [-0.25, -0.2) is 17.8 Å². The summed E-state index contributed by atoms with van der Waals surface area (Å²) in [4.78, 5) is 17.1. The molecule has 1 N–H and O–H groups in total. The molecule has 6 nitrogen and oxygen atoms in total. The Labute approximate surface area is 156 Å². The van der Waals surface area contributed by atoms with Gasteiger partial charge in [0.2, 0.25) is 0 Å². The largest absolute Gasteiger partial charge is 0.338 e. The van der Waals surface area contributed by atoms with Crippen LogP contribution in [0.4, 0.5) is 4.39 Å². The Bertz CT molecular complexity index is 1080. The lowest BCUT2D eigenvalue weighted by Crippen LogP contribution is -2.31. The molecule has 0 bridgehead atoms. The number of halogens is 1. The van der Waals surface area contributed by atoms with Gasteiger partial charge in [0.25, 0.3) is 5.91 Å². The molecule has 3 aromatic rings.